The first-order valence-corrected chi connectivity index (χ1v) is 7.25. The summed E-state index contributed by atoms with van der Waals surface area (Å²) in [7, 11) is 0. The van der Waals surface area contributed by atoms with Crippen molar-refractivity contribution in [2.75, 3.05) is 23.4 Å². The lowest BCUT2D eigenvalue weighted by molar-refractivity contribution is 0.0692. The molecular weight excluding hydrogens is 266 g/mol. The maximum atomic E-state index is 11.6. The number of aromatic nitrogens is 1. The smallest absolute Gasteiger partial charge is 0.354 e. The van der Waals surface area contributed by atoms with Gasteiger partial charge in [-0.05, 0) is 30.9 Å². The maximum Gasteiger partial charge on any atom is 0.354 e. The third-order valence-electron chi connectivity index (χ3n) is 2.37. The molecule has 0 spiro atoms. The number of carboxylic acid groups (broad SMARTS) is 1. The molecular formula is C12H19N3O3S. The van der Waals surface area contributed by atoms with Crippen LogP contribution in [-0.4, -0.2) is 40.1 Å². The Bertz CT molecular complexity index is 445. The summed E-state index contributed by atoms with van der Waals surface area (Å²) in [6.07, 6.45) is 0.893. The van der Waals surface area contributed by atoms with E-state index in [1.807, 2.05) is 11.8 Å². The first-order chi connectivity index (χ1) is 9.04. The molecule has 0 radical (unpaired) electrons. The van der Waals surface area contributed by atoms with Gasteiger partial charge in [-0.25, -0.2) is 9.59 Å². The minimum atomic E-state index is -1.09. The Morgan fingerprint density at radius 1 is 1.47 bits per heavy atom. The van der Waals surface area contributed by atoms with Gasteiger partial charge in [0.25, 0.3) is 0 Å². The number of amides is 2. The van der Waals surface area contributed by atoms with E-state index in [9.17, 15) is 9.59 Å². The molecule has 0 aliphatic rings. The van der Waals surface area contributed by atoms with Gasteiger partial charge < -0.3 is 20.7 Å². The van der Waals surface area contributed by atoms with Crippen LogP contribution < -0.4 is 10.6 Å². The Hall–Kier alpha value is -1.63. The molecule has 1 rings (SSSR count). The lowest BCUT2D eigenvalue weighted by atomic mass is 10.3. The fraction of sp³-hybridized carbons (Fsp3) is 0.500. The van der Waals surface area contributed by atoms with Gasteiger partial charge in [-0.3, -0.25) is 0 Å². The fourth-order valence-corrected chi connectivity index (χ4v) is 2.18. The zero-order valence-corrected chi connectivity index (χ0v) is 11.9. The molecule has 0 atom stereocenters. The van der Waals surface area contributed by atoms with Gasteiger partial charge in [-0.1, -0.05) is 6.92 Å². The third-order valence-corrected chi connectivity index (χ3v) is 3.36. The summed E-state index contributed by atoms with van der Waals surface area (Å²) in [6.45, 7) is 4.40. The van der Waals surface area contributed by atoms with Gasteiger partial charge in [0.15, 0.2) is 0 Å². The quantitative estimate of drug-likeness (QED) is 0.578. The van der Waals surface area contributed by atoms with Crippen molar-refractivity contribution in [3.05, 3.63) is 17.5 Å². The molecule has 1 heterocycles. The second-order valence-corrected chi connectivity index (χ2v) is 5.37. The molecule has 0 aliphatic heterocycles. The molecule has 19 heavy (non-hydrogen) atoms. The predicted octanol–water partition coefficient (Wildman–Crippen LogP) is 2.29. The van der Waals surface area contributed by atoms with Crippen molar-refractivity contribution in [1.82, 2.24) is 10.3 Å². The minimum Gasteiger partial charge on any atom is -0.477 e. The molecule has 1 aromatic rings. The number of H-pyrrole nitrogens is 1. The van der Waals surface area contributed by atoms with E-state index in [0.29, 0.717) is 12.2 Å². The molecule has 0 unspecified atom stereocenters. The molecule has 0 aliphatic carbocycles. The molecule has 2 amide bonds. The van der Waals surface area contributed by atoms with Crippen LogP contribution in [0.25, 0.3) is 0 Å². The predicted molar refractivity (Wildman–Crippen MR) is 77.1 cm³/mol. The van der Waals surface area contributed by atoms with Crippen molar-refractivity contribution in [1.29, 1.82) is 0 Å². The Morgan fingerprint density at radius 3 is 2.84 bits per heavy atom. The number of nitrogens with one attached hydrogen (secondary N) is 3. The summed E-state index contributed by atoms with van der Waals surface area (Å²) >= 11 is 1.82. The number of aromatic amines is 1. The normalized spacial score (nSPS) is 10.2. The molecule has 0 bridgehead atoms. The molecule has 0 saturated heterocycles. The number of carboxylic acids is 1. The van der Waals surface area contributed by atoms with E-state index in [1.165, 1.54) is 0 Å². The van der Waals surface area contributed by atoms with Crippen molar-refractivity contribution >= 4 is 29.4 Å². The molecule has 1 aromatic heterocycles. The molecule has 6 nitrogen and oxygen atoms in total. The highest BCUT2D eigenvalue weighted by Crippen LogP contribution is 2.16. The van der Waals surface area contributed by atoms with Crippen molar-refractivity contribution in [2.45, 2.75) is 20.3 Å². The lowest BCUT2D eigenvalue weighted by Gasteiger charge is -2.06. The number of rotatable bonds is 7. The summed E-state index contributed by atoms with van der Waals surface area (Å²) in [6, 6.07) is 1.21. The zero-order chi connectivity index (χ0) is 14.3. The van der Waals surface area contributed by atoms with Gasteiger partial charge in [0.1, 0.15) is 5.69 Å². The van der Waals surface area contributed by atoms with E-state index in [4.69, 9.17) is 5.11 Å². The van der Waals surface area contributed by atoms with Crippen LogP contribution >= 0.6 is 11.8 Å². The van der Waals surface area contributed by atoms with Crippen LogP contribution in [-0.2, 0) is 0 Å². The molecule has 4 N–H and O–H groups in total. The number of thioether (sulfide) groups is 1. The van der Waals surface area contributed by atoms with Crippen LogP contribution in [0.3, 0.4) is 0 Å². The SMILES string of the molecule is CCSCCCNC(=O)Nc1cc(C)[nH]c1C(=O)O. The Labute approximate surface area is 116 Å². The average molecular weight is 285 g/mol. The summed E-state index contributed by atoms with van der Waals surface area (Å²) in [5.74, 6) is 0.972. The van der Waals surface area contributed by atoms with Crippen molar-refractivity contribution in [3.63, 3.8) is 0 Å². The monoisotopic (exact) mass is 285 g/mol. The Kier molecular flexibility index (Phi) is 6.27. The van der Waals surface area contributed by atoms with E-state index in [2.05, 4.69) is 22.5 Å². The van der Waals surface area contributed by atoms with Crippen molar-refractivity contribution in [2.24, 2.45) is 0 Å². The number of carbonyl (C=O) groups is 2. The molecule has 0 aromatic carbocycles. The summed E-state index contributed by atoms with van der Waals surface area (Å²) in [4.78, 5) is 25.2. The van der Waals surface area contributed by atoms with Crippen LogP contribution in [0.5, 0.6) is 0 Å². The lowest BCUT2D eigenvalue weighted by Crippen LogP contribution is -2.30. The molecule has 106 valence electrons. The standard InChI is InChI=1S/C12H19N3O3S/c1-3-19-6-4-5-13-12(18)15-9-7-8(2)14-10(9)11(16)17/h7,14H,3-6H2,1-2H3,(H,16,17)(H2,13,15,18). The van der Waals surface area contributed by atoms with Crippen LogP contribution in [0.2, 0.25) is 0 Å². The van der Waals surface area contributed by atoms with E-state index < -0.39 is 5.97 Å². The number of aryl methyl sites for hydroxylation is 1. The molecule has 0 saturated carbocycles. The van der Waals surface area contributed by atoms with E-state index in [1.54, 1.807) is 13.0 Å². The number of hydrogen-bond acceptors (Lipinski definition) is 3. The minimum absolute atomic E-state index is 0.00538. The van der Waals surface area contributed by atoms with E-state index >= 15 is 0 Å². The summed E-state index contributed by atoms with van der Waals surface area (Å²) in [5, 5.41) is 14.2. The number of hydrogen-bond donors (Lipinski definition) is 4. The Balaban J connectivity index is 2.42. The largest absolute Gasteiger partial charge is 0.477 e. The van der Waals surface area contributed by atoms with Crippen LogP contribution in [0.4, 0.5) is 10.5 Å². The first kappa shape index (κ1) is 15.4. The zero-order valence-electron chi connectivity index (χ0n) is 11.1. The van der Waals surface area contributed by atoms with Gasteiger partial charge in [-0.2, -0.15) is 11.8 Å². The first-order valence-electron chi connectivity index (χ1n) is 6.10. The Morgan fingerprint density at radius 2 is 2.21 bits per heavy atom. The second kappa shape index (κ2) is 7.73. The summed E-state index contributed by atoms with van der Waals surface area (Å²) < 4.78 is 0. The number of anilines is 1. The van der Waals surface area contributed by atoms with E-state index in [0.717, 1.165) is 17.9 Å². The topological polar surface area (TPSA) is 94.2 Å². The fourth-order valence-electron chi connectivity index (χ4n) is 1.54. The van der Waals surface area contributed by atoms with Crippen LogP contribution in [0.15, 0.2) is 6.07 Å². The van der Waals surface area contributed by atoms with Crippen LogP contribution in [0.1, 0.15) is 29.5 Å². The van der Waals surface area contributed by atoms with Gasteiger partial charge >= 0.3 is 12.0 Å². The molecule has 0 fully saturated rings. The number of carbonyl (C=O) groups excluding carboxylic acids is 1. The van der Waals surface area contributed by atoms with Gasteiger partial charge in [0.05, 0.1) is 5.69 Å². The highest BCUT2D eigenvalue weighted by molar-refractivity contribution is 7.99. The third kappa shape index (κ3) is 5.25. The maximum absolute atomic E-state index is 11.6. The molecule has 7 heteroatoms. The number of aromatic carboxylic acids is 1. The van der Waals surface area contributed by atoms with Crippen LogP contribution in [0, 0.1) is 6.92 Å². The highest BCUT2D eigenvalue weighted by Gasteiger charge is 2.14. The van der Waals surface area contributed by atoms with Crippen molar-refractivity contribution < 1.29 is 14.7 Å². The van der Waals surface area contributed by atoms with Crippen molar-refractivity contribution in [3.8, 4) is 0 Å². The van der Waals surface area contributed by atoms with Gasteiger partial charge in [0.2, 0.25) is 0 Å². The highest BCUT2D eigenvalue weighted by atomic mass is 32.2. The summed E-state index contributed by atoms with van der Waals surface area (Å²) in [5.41, 5.74) is 0.965. The van der Waals surface area contributed by atoms with Gasteiger partial charge in [-0.15, -0.1) is 0 Å². The van der Waals surface area contributed by atoms with Gasteiger partial charge in [0, 0.05) is 12.2 Å². The average Bonchev–Trinajstić information content (AvgIpc) is 2.70. The van der Waals surface area contributed by atoms with E-state index in [-0.39, 0.29) is 17.4 Å². The second-order valence-electron chi connectivity index (χ2n) is 3.98. The number of urea groups is 1.